The topological polar surface area (TPSA) is 9.23 Å². The van der Waals surface area contributed by atoms with Gasteiger partial charge in [-0.25, -0.2) is 4.39 Å². The summed E-state index contributed by atoms with van der Waals surface area (Å²) in [5.74, 6) is 2.12. The Morgan fingerprint density at radius 2 is 2.33 bits per heavy atom. The molecule has 0 amide bonds. The maximum atomic E-state index is 13.0. The lowest BCUT2D eigenvalue weighted by Gasteiger charge is -2.05. The molecule has 0 bridgehead atoms. The zero-order valence-electron chi connectivity index (χ0n) is 6.80. The van der Waals surface area contributed by atoms with Gasteiger partial charge < -0.3 is 4.74 Å². The van der Waals surface area contributed by atoms with Crippen molar-refractivity contribution in [2.24, 2.45) is 0 Å². The minimum absolute atomic E-state index is 0.169. The third kappa shape index (κ3) is 1.57. The van der Waals surface area contributed by atoms with Gasteiger partial charge in [0.15, 0.2) is 11.6 Å². The molecule has 1 rings (SSSR count). The maximum absolute atomic E-state index is 13.0. The molecule has 0 radical (unpaired) electrons. The van der Waals surface area contributed by atoms with Gasteiger partial charge in [0.25, 0.3) is 0 Å². The molecule has 0 saturated heterocycles. The number of para-hydroxylation sites is 1. The third-order valence-corrected chi connectivity index (χ3v) is 1.41. The highest BCUT2D eigenvalue weighted by atomic mass is 19.1. The summed E-state index contributed by atoms with van der Waals surface area (Å²) in [7, 11) is 0. The Hall–Kier alpha value is -1.49. The van der Waals surface area contributed by atoms with Gasteiger partial charge in [0, 0.05) is 0 Å². The van der Waals surface area contributed by atoms with E-state index in [1.165, 1.54) is 6.07 Å². The number of rotatable bonds is 2. The Labute approximate surface area is 71.2 Å². The van der Waals surface area contributed by atoms with E-state index in [9.17, 15) is 4.39 Å². The fourth-order valence-corrected chi connectivity index (χ4v) is 0.914. The van der Waals surface area contributed by atoms with Crippen molar-refractivity contribution in [3.05, 3.63) is 29.6 Å². The Balaban J connectivity index is 3.13. The number of hydrogen-bond donors (Lipinski definition) is 0. The van der Waals surface area contributed by atoms with E-state index in [-0.39, 0.29) is 5.75 Å². The van der Waals surface area contributed by atoms with Crippen LogP contribution in [0.2, 0.25) is 0 Å². The van der Waals surface area contributed by atoms with Crippen LogP contribution < -0.4 is 4.74 Å². The molecule has 1 aromatic carbocycles. The van der Waals surface area contributed by atoms with Crippen molar-refractivity contribution in [3.8, 4) is 18.1 Å². The van der Waals surface area contributed by atoms with E-state index < -0.39 is 5.82 Å². The maximum Gasteiger partial charge on any atom is 0.170 e. The number of halogens is 1. The van der Waals surface area contributed by atoms with Crippen LogP contribution in [0.15, 0.2) is 18.2 Å². The molecule has 1 nitrogen and oxygen atoms in total. The van der Waals surface area contributed by atoms with Crippen molar-refractivity contribution in [3.63, 3.8) is 0 Å². The Morgan fingerprint density at radius 3 is 2.92 bits per heavy atom. The van der Waals surface area contributed by atoms with E-state index >= 15 is 0 Å². The van der Waals surface area contributed by atoms with E-state index in [1.54, 1.807) is 19.1 Å². The molecule has 0 aliphatic rings. The van der Waals surface area contributed by atoms with Gasteiger partial charge >= 0.3 is 0 Å². The van der Waals surface area contributed by atoms with Crippen molar-refractivity contribution >= 4 is 0 Å². The molecule has 0 aliphatic carbocycles. The summed E-state index contributed by atoms with van der Waals surface area (Å²) in [6, 6.07) is 4.53. The van der Waals surface area contributed by atoms with Crippen LogP contribution in [0.25, 0.3) is 0 Å². The average molecular weight is 164 g/mol. The lowest BCUT2D eigenvalue weighted by atomic mass is 10.2. The van der Waals surface area contributed by atoms with Gasteiger partial charge in [0.2, 0.25) is 0 Å². The van der Waals surface area contributed by atoms with Gasteiger partial charge in [-0.2, -0.15) is 0 Å². The molecule has 0 fully saturated rings. The van der Waals surface area contributed by atoms with Crippen LogP contribution in [0.1, 0.15) is 12.5 Å². The summed E-state index contributed by atoms with van der Waals surface area (Å²) in [5.41, 5.74) is 0.455. The standard InChI is InChI=1S/C10H9FO/c1-3-8-6-5-7-9(11)10(8)12-4-2/h1,5-7H,4H2,2H3. The van der Waals surface area contributed by atoms with E-state index in [0.29, 0.717) is 12.2 Å². The number of benzene rings is 1. The van der Waals surface area contributed by atoms with Crippen LogP contribution >= 0.6 is 0 Å². The molecule has 0 aliphatic heterocycles. The van der Waals surface area contributed by atoms with Crippen LogP contribution in [0.5, 0.6) is 5.75 Å². The SMILES string of the molecule is C#Cc1cccc(F)c1OCC. The highest BCUT2D eigenvalue weighted by Crippen LogP contribution is 2.21. The second-order valence-corrected chi connectivity index (χ2v) is 2.19. The lowest BCUT2D eigenvalue weighted by Crippen LogP contribution is -1.96. The molecule has 1 aromatic rings. The van der Waals surface area contributed by atoms with Gasteiger partial charge in [-0.3, -0.25) is 0 Å². The van der Waals surface area contributed by atoms with Gasteiger partial charge in [-0.05, 0) is 19.1 Å². The van der Waals surface area contributed by atoms with Gasteiger partial charge in [-0.1, -0.05) is 12.0 Å². The van der Waals surface area contributed by atoms with Crippen molar-refractivity contribution in [1.82, 2.24) is 0 Å². The summed E-state index contributed by atoms with van der Waals surface area (Å²) >= 11 is 0. The Kier molecular flexibility index (Phi) is 2.71. The van der Waals surface area contributed by atoms with Crippen molar-refractivity contribution in [2.75, 3.05) is 6.61 Å². The molecule has 0 aromatic heterocycles. The predicted octanol–water partition coefficient (Wildman–Crippen LogP) is 2.21. The van der Waals surface area contributed by atoms with E-state index in [4.69, 9.17) is 11.2 Å². The summed E-state index contributed by atoms with van der Waals surface area (Å²) in [6.45, 7) is 2.20. The molecule has 0 heterocycles. The zero-order valence-corrected chi connectivity index (χ0v) is 6.80. The first-order valence-corrected chi connectivity index (χ1v) is 3.67. The van der Waals surface area contributed by atoms with E-state index in [1.807, 2.05) is 0 Å². The predicted molar refractivity (Wildman–Crippen MR) is 45.5 cm³/mol. The molecule has 62 valence electrons. The second kappa shape index (κ2) is 3.77. The molecular weight excluding hydrogens is 155 g/mol. The summed E-state index contributed by atoms with van der Waals surface area (Å²) in [5, 5.41) is 0. The first kappa shape index (κ1) is 8.61. The fraction of sp³-hybridized carbons (Fsp3) is 0.200. The molecule has 0 spiro atoms. The van der Waals surface area contributed by atoms with Gasteiger partial charge in [0.05, 0.1) is 12.2 Å². The van der Waals surface area contributed by atoms with Gasteiger partial charge in [-0.15, -0.1) is 6.42 Å². The van der Waals surface area contributed by atoms with E-state index in [0.717, 1.165) is 0 Å². The number of ether oxygens (including phenoxy) is 1. The van der Waals surface area contributed by atoms with Crippen LogP contribution in [0.3, 0.4) is 0 Å². The molecule has 0 atom stereocenters. The second-order valence-electron chi connectivity index (χ2n) is 2.19. The molecule has 0 N–H and O–H groups in total. The normalized spacial score (nSPS) is 9.08. The monoisotopic (exact) mass is 164 g/mol. The summed E-state index contributed by atoms with van der Waals surface area (Å²) < 4.78 is 18.0. The first-order valence-electron chi connectivity index (χ1n) is 3.67. The quantitative estimate of drug-likeness (QED) is 0.609. The van der Waals surface area contributed by atoms with Crippen LogP contribution in [-0.2, 0) is 0 Å². The zero-order chi connectivity index (χ0) is 8.97. The Morgan fingerprint density at radius 1 is 1.58 bits per heavy atom. The smallest absolute Gasteiger partial charge is 0.170 e. The Bertz CT molecular complexity index is 312. The summed E-state index contributed by atoms with van der Waals surface area (Å²) in [4.78, 5) is 0. The highest BCUT2D eigenvalue weighted by molar-refractivity contribution is 5.45. The van der Waals surface area contributed by atoms with Crippen LogP contribution in [0.4, 0.5) is 4.39 Å². The molecular formula is C10H9FO. The average Bonchev–Trinajstić information content (AvgIpc) is 2.09. The molecule has 0 saturated carbocycles. The largest absolute Gasteiger partial charge is 0.489 e. The molecule has 12 heavy (non-hydrogen) atoms. The van der Waals surface area contributed by atoms with Crippen LogP contribution in [-0.4, -0.2) is 6.61 Å². The van der Waals surface area contributed by atoms with Gasteiger partial charge in [0.1, 0.15) is 0 Å². The van der Waals surface area contributed by atoms with Crippen molar-refractivity contribution in [2.45, 2.75) is 6.92 Å². The lowest BCUT2D eigenvalue weighted by molar-refractivity contribution is 0.320. The minimum Gasteiger partial charge on any atom is -0.489 e. The fourth-order valence-electron chi connectivity index (χ4n) is 0.914. The molecule has 2 heteroatoms. The number of hydrogen-bond acceptors (Lipinski definition) is 1. The van der Waals surface area contributed by atoms with Crippen LogP contribution in [0, 0.1) is 18.2 Å². The highest BCUT2D eigenvalue weighted by Gasteiger charge is 2.05. The first-order chi connectivity index (χ1) is 5.79. The minimum atomic E-state index is -0.410. The van der Waals surface area contributed by atoms with Crippen molar-refractivity contribution in [1.29, 1.82) is 0 Å². The summed E-state index contributed by atoms with van der Waals surface area (Å²) in [6.07, 6.45) is 5.15. The van der Waals surface area contributed by atoms with E-state index in [2.05, 4.69) is 5.92 Å². The van der Waals surface area contributed by atoms with Crippen molar-refractivity contribution < 1.29 is 9.13 Å². The molecule has 0 unspecified atom stereocenters. The number of terminal acetylenes is 1. The third-order valence-electron chi connectivity index (χ3n) is 1.41.